The highest BCUT2D eigenvalue weighted by molar-refractivity contribution is 5.91. The molecule has 1 saturated carbocycles. The predicted octanol–water partition coefficient (Wildman–Crippen LogP) is 5.41. The Balaban J connectivity index is 1.29. The lowest BCUT2D eigenvalue weighted by Crippen LogP contribution is -2.47. The number of nitrogens with zero attached hydrogens (tertiary/aromatic N) is 5. The number of amides is 2. The van der Waals surface area contributed by atoms with Crippen LogP contribution in [-0.4, -0.2) is 68.9 Å². The summed E-state index contributed by atoms with van der Waals surface area (Å²) < 4.78 is 37.5. The SMILES string of the molecule is COC1CCCCC1N1C[C@@H](NC(=O)Nc2c(C)c(-c3cnn(C)c3)nn2-c2ccccc2)[C@H](c2ccc(F)c(F)c2)C1. The first-order valence-corrected chi connectivity index (χ1v) is 14.8. The number of halogens is 2. The van der Waals surface area contributed by atoms with Crippen molar-refractivity contribution in [3.8, 4) is 16.9 Å². The average molecular weight is 590 g/mol. The van der Waals surface area contributed by atoms with Crippen molar-refractivity contribution in [3.63, 3.8) is 0 Å². The Bertz CT molecular complexity index is 1590. The van der Waals surface area contributed by atoms with Crippen LogP contribution in [0, 0.1) is 18.6 Å². The molecule has 0 bridgehead atoms. The molecule has 226 valence electrons. The summed E-state index contributed by atoms with van der Waals surface area (Å²) in [4.78, 5) is 16.0. The molecule has 1 aliphatic carbocycles. The van der Waals surface area contributed by atoms with Gasteiger partial charge in [-0.2, -0.15) is 10.2 Å². The number of aryl methyl sites for hydroxylation is 1. The van der Waals surface area contributed by atoms with Crippen LogP contribution in [0.1, 0.15) is 42.7 Å². The van der Waals surface area contributed by atoms with Gasteiger partial charge in [-0.05, 0) is 49.6 Å². The Morgan fingerprint density at radius 2 is 1.84 bits per heavy atom. The molecule has 2 aromatic carbocycles. The van der Waals surface area contributed by atoms with E-state index in [1.165, 1.54) is 6.07 Å². The molecule has 2 unspecified atom stereocenters. The maximum atomic E-state index is 14.3. The van der Waals surface area contributed by atoms with Gasteiger partial charge in [0.2, 0.25) is 0 Å². The van der Waals surface area contributed by atoms with E-state index in [1.807, 2.05) is 50.5 Å². The molecular weight excluding hydrogens is 552 g/mol. The number of likely N-dealkylation sites (tertiary alicyclic amines) is 1. The Morgan fingerprint density at radius 1 is 1.05 bits per heavy atom. The van der Waals surface area contributed by atoms with Crippen molar-refractivity contribution in [3.05, 3.63) is 83.7 Å². The van der Waals surface area contributed by atoms with Gasteiger partial charge in [0.25, 0.3) is 0 Å². The molecule has 9 nitrogen and oxygen atoms in total. The van der Waals surface area contributed by atoms with Crippen LogP contribution in [0.4, 0.5) is 19.4 Å². The van der Waals surface area contributed by atoms with Crippen LogP contribution in [0.2, 0.25) is 0 Å². The van der Waals surface area contributed by atoms with Crippen molar-refractivity contribution < 1.29 is 18.3 Å². The molecule has 2 aromatic heterocycles. The largest absolute Gasteiger partial charge is 0.380 e. The third-order valence-electron chi connectivity index (χ3n) is 8.81. The maximum Gasteiger partial charge on any atom is 0.320 e. The molecule has 2 aliphatic rings. The fraction of sp³-hybridized carbons (Fsp3) is 0.406. The zero-order chi connectivity index (χ0) is 30.1. The summed E-state index contributed by atoms with van der Waals surface area (Å²) >= 11 is 0. The van der Waals surface area contributed by atoms with E-state index >= 15 is 0 Å². The van der Waals surface area contributed by atoms with E-state index in [0.29, 0.717) is 30.2 Å². The van der Waals surface area contributed by atoms with E-state index in [2.05, 4.69) is 20.6 Å². The lowest BCUT2D eigenvalue weighted by Gasteiger charge is -2.37. The Hall–Kier alpha value is -4.09. The molecule has 6 rings (SSSR count). The Labute approximate surface area is 249 Å². The van der Waals surface area contributed by atoms with Gasteiger partial charge in [-0.3, -0.25) is 14.9 Å². The van der Waals surface area contributed by atoms with Gasteiger partial charge in [-0.1, -0.05) is 37.1 Å². The molecular formula is C32H37F2N7O2. The van der Waals surface area contributed by atoms with Gasteiger partial charge in [-0.15, -0.1) is 0 Å². The summed E-state index contributed by atoms with van der Waals surface area (Å²) in [5.41, 5.74) is 3.79. The molecule has 2 amide bonds. The number of hydrogen-bond acceptors (Lipinski definition) is 5. The molecule has 11 heteroatoms. The number of ether oxygens (including phenoxy) is 1. The van der Waals surface area contributed by atoms with Gasteiger partial charge in [0.15, 0.2) is 11.6 Å². The standard InChI is InChI=1S/C32H37F2N7O2/c1-20-30(22-16-35-39(2)17-22)38-41(23-9-5-4-6-10-23)31(20)37-32(42)36-27-19-40(28-11-7-8-12-29(28)43-3)18-24(27)21-13-14-25(33)26(34)15-21/h4-6,9-10,13-17,24,27-29H,7-8,11-12,18-19H2,1-3H3,(H2,36,37,42)/t24-,27+,28?,29?/m0/s1. The summed E-state index contributed by atoms with van der Waals surface area (Å²) in [5.74, 6) is -1.47. The number of carbonyl (C=O) groups excluding carboxylic acids is 1. The van der Waals surface area contributed by atoms with Crippen molar-refractivity contribution in [1.82, 2.24) is 29.8 Å². The van der Waals surface area contributed by atoms with E-state index in [9.17, 15) is 13.6 Å². The average Bonchev–Trinajstić information content (AvgIpc) is 3.72. The third kappa shape index (κ3) is 5.92. The summed E-state index contributed by atoms with van der Waals surface area (Å²) in [7, 11) is 3.59. The zero-order valence-electron chi connectivity index (χ0n) is 24.6. The van der Waals surface area contributed by atoms with Crippen molar-refractivity contribution in [2.45, 2.75) is 56.7 Å². The van der Waals surface area contributed by atoms with Gasteiger partial charge >= 0.3 is 6.03 Å². The van der Waals surface area contributed by atoms with E-state index in [0.717, 1.165) is 48.6 Å². The van der Waals surface area contributed by atoms with Gasteiger partial charge in [0.05, 0.1) is 24.0 Å². The number of aromatic nitrogens is 4. The van der Waals surface area contributed by atoms with Crippen molar-refractivity contribution in [1.29, 1.82) is 0 Å². The number of carbonyl (C=O) groups is 1. The summed E-state index contributed by atoms with van der Waals surface area (Å²) in [6.45, 7) is 3.09. The molecule has 2 fully saturated rings. The van der Waals surface area contributed by atoms with Gasteiger partial charge < -0.3 is 10.1 Å². The molecule has 3 heterocycles. The molecule has 1 aliphatic heterocycles. The number of benzene rings is 2. The lowest BCUT2D eigenvalue weighted by atomic mass is 9.91. The number of para-hydroxylation sites is 1. The maximum absolute atomic E-state index is 14.3. The number of urea groups is 1. The molecule has 4 atom stereocenters. The topological polar surface area (TPSA) is 89.2 Å². The second kappa shape index (κ2) is 12.3. The molecule has 0 radical (unpaired) electrons. The monoisotopic (exact) mass is 589 g/mol. The van der Waals surface area contributed by atoms with Gasteiger partial charge in [-0.25, -0.2) is 18.3 Å². The van der Waals surface area contributed by atoms with Gasteiger partial charge in [0, 0.05) is 56.5 Å². The molecule has 2 N–H and O–H groups in total. The number of rotatable bonds is 7. The van der Waals surface area contributed by atoms with Crippen LogP contribution in [0.3, 0.4) is 0 Å². The van der Waals surface area contributed by atoms with Crippen LogP contribution in [0.25, 0.3) is 16.9 Å². The first-order valence-electron chi connectivity index (χ1n) is 14.8. The number of methoxy groups -OCH3 is 1. The fourth-order valence-corrected chi connectivity index (χ4v) is 6.63. The third-order valence-corrected chi connectivity index (χ3v) is 8.81. The lowest BCUT2D eigenvalue weighted by molar-refractivity contribution is -0.00369. The Kier molecular flexibility index (Phi) is 8.27. The number of nitrogens with one attached hydrogen (secondary N) is 2. The van der Waals surface area contributed by atoms with E-state index in [1.54, 1.807) is 28.7 Å². The minimum absolute atomic E-state index is 0.0979. The van der Waals surface area contributed by atoms with Crippen LogP contribution in [0.5, 0.6) is 0 Å². The van der Waals surface area contributed by atoms with E-state index < -0.39 is 17.7 Å². The quantitative estimate of drug-likeness (QED) is 0.301. The summed E-state index contributed by atoms with van der Waals surface area (Å²) in [5, 5.41) is 15.3. The molecule has 1 saturated heterocycles. The molecule has 43 heavy (non-hydrogen) atoms. The van der Waals surface area contributed by atoms with E-state index in [4.69, 9.17) is 9.84 Å². The minimum atomic E-state index is -0.892. The van der Waals surface area contributed by atoms with Gasteiger partial charge in [0.1, 0.15) is 11.5 Å². The van der Waals surface area contributed by atoms with Crippen LogP contribution in [-0.2, 0) is 11.8 Å². The Morgan fingerprint density at radius 3 is 2.56 bits per heavy atom. The summed E-state index contributed by atoms with van der Waals surface area (Å²) in [6, 6.07) is 13.1. The predicted molar refractivity (Wildman–Crippen MR) is 160 cm³/mol. The second-order valence-corrected chi connectivity index (χ2v) is 11.5. The first kappa shape index (κ1) is 29.0. The van der Waals surface area contributed by atoms with Crippen LogP contribution < -0.4 is 10.6 Å². The van der Waals surface area contributed by atoms with Crippen LogP contribution in [0.15, 0.2) is 60.9 Å². The van der Waals surface area contributed by atoms with Crippen molar-refractivity contribution in [2.75, 3.05) is 25.5 Å². The van der Waals surface area contributed by atoms with Crippen LogP contribution >= 0.6 is 0 Å². The number of anilines is 1. The highest BCUT2D eigenvalue weighted by Crippen LogP contribution is 2.35. The first-order chi connectivity index (χ1) is 20.8. The minimum Gasteiger partial charge on any atom is -0.380 e. The zero-order valence-corrected chi connectivity index (χ0v) is 24.6. The summed E-state index contributed by atoms with van der Waals surface area (Å²) in [6.07, 6.45) is 7.93. The second-order valence-electron chi connectivity index (χ2n) is 11.5. The number of hydrogen-bond donors (Lipinski definition) is 2. The highest BCUT2D eigenvalue weighted by Gasteiger charge is 2.41. The van der Waals surface area contributed by atoms with Crippen molar-refractivity contribution >= 4 is 11.8 Å². The fourth-order valence-electron chi connectivity index (χ4n) is 6.63. The highest BCUT2D eigenvalue weighted by atomic mass is 19.2. The van der Waals surface area contributed by atoms with Crippen molar-refractivity contribution in [2.24, 2.45) is 7.05 Å². The molecule has 4 aromatic rings. The van der Waals surface area contributed by atoms with E-state index in [-0.39, 0.29) is 24.1 Å². The normalized spacial score (nSPS) is 22.5. The molecule has 0 spiro atoms. The smallest absolute Gasteiger partial charge is 0.320 e.